The minimum Gasteiger partial charge on any atom is -0.454 e. The van der Waals surface area contributed by atoms with Crippen molar-refractivity contribution in [3.05, 3.63) is 23.8 Å². The molecule has 0 aromatic heterocycles. The summed E-state index contributed by atoms with van der Waals surface area (Å²) in [7, 11) is 0. The average Bonchev–Trinajstić information content (AvgIpc) is 3.08. The number of nitrogens with two attached hydrogens (primary N) is 1. The van der Waals surface area contributed by atoms with Gasteiger partial charge in [-0.3, -0.25) is 9.69 Å². The van der Waals surface area contributed by atoms with Crippen LogP contribution < -0.4 is 15.2 Å². The van der Waals surface area contributed by atoms with Gasteiger partial charge in [0, 0.05) is 32.7 Å². The fourth-order valence-electron chi connectivity index (χ4n) is 3.13. The first kappa shape index (κ1) is 17.0. The second-order valence-corrected chi connectivity index (χ2v) is 6.70. The van der Waals surface area contributed by atoms with E-state index in [4.69, 9.17) is 15.2 Å². The molecule has 2 heterocycles. The number of piperazine rings is 1. The van der Waals surface area contributed by atoms with Gasteiger partial charge in [-0.15, -0.1) is 0 Å². The summed E-state index contributed by atoms with van der Waals surface area (Å²) in [6.07, 6.45) is 0.928. The van der Waals surface area contributed by atoms with Crippen LogP contribution in [0, 0.1) is 5.92 Å². The summed E-state index contributed by atoms with van der Waals surface area (Å²) < 4.78 is 10.8. The predicted molar refractivity (Wildman–Crippen MR) is 91.9 cm³/mol. The Balaban J connectivity index is 1.51. The van der Waals surface area contributed by atoms with Gasteiger partial charge in [-0.1, -0.05) is 26.3 Å². The summed E-state index contributed by atoms with van der Waals surface area (Å²) in [5.74, 6) is 1.95. The summed E-state index contributed by atoms with van der Waals surface area (Å²) in [5, 5.41) is 0. The number of carbonyl (C=O) groups is 1. The van der Waals surface area contributed by atoms with E-state index in [1.807, 2.05) is 24.0 Å². The minimum absolute atomic E-state index is 0.0899. The highest BCUT2D eigenvalue weighted by molar-refractivity contribution is 5.82. The van der Waals surface area contributed by atoms with Gasteiger partial charge in [0.15, 0.2) is 11.5 Å². The Bertz CT molecular complexity index is 585. The Morgan fingerprint density at radius 2 is 1.92 bits per heavy atom. The van der Waals surface area contributed by atoms with Gasteiger partial charge in [0.25, 0.3) is 0 Å². The van der Waals surface area contributed by atoms with Crippen LogP contribution >= 0.6 is 0 Å². The van der Waals surface area contributed by atoms with Crippen molar-refractivity contribution in [3.8, 4) is 11.5 Å². The molecule has 2 aliphatic rings. The lowest BCUT2D eigenvalue weighted by Gasteiger charge is -2.36. The van der Waals surface area contributed by atoms with Crippen LogP contribution in [0.2, 0.25) is 0 Å². The largest absolute Gasteiger partial charge is 0.454 e. The summed E-state index contributed by atoms with van der Waals surface area (Å²) in [6.45, 7) is 8.49. The number of benzene rings is 1. The molecule has 1 aromatic rings. The van der Waals surface area contributed by atoms with Gasteiger partial charge in [0.2, 0.25) is 12.7 Å². The van der Waals surface area contributed by atoms with Crippen molar-refractivity contribution < 1.29 is 14.3 Å². The van der Waals surface area contributed by atoms with E-state index >= 15 is 0 Å². The number of amides is 1. The molecule has 0 radical (unpaired) electrons. The van der Waals surface area contributed by atoms with E-state index < -0.39 is 0 Å². The van der Waals surface area contributed by atoms with E-state index in [-0.39, 0.29) is 17.9 Å². The average molecular weight is 333 g/mol. The molecule has 2 aliphatic heterocycles. The van der Waals surface area contributed by atoms with Crippen LogP contribution in [0.25, 0.3) is 0 Å². The molecular formula is C18H27N3O3. The van der Waals surface area contributed by atoms with Crippen molar-refractivity contribution >= 4 is 5.91 Å². The third kappa shape index (κ3) is 3.65. The molecule has 24 heavy (non-hydrogen) atoms. The Hall–Kier alpha value is -1.79. The molecule has 3 rings (SSSR count). The van der Waals surface area contributed by atoms with E-state index in [1.165, 1.54) is 5.56 Å². The Kier molecular flexibility index (Phi) is 5.26. The van der Waals surface area contributed by atoms with Gasteiger partial charge < -0.3 is 20.1 Å². The van der Waals surface area contributed by atoms with E-state index in [0.717, 1.165) is 50.6 Å². The molecular weight excluding hydrogens is 306 g/mol. The number of carbonyl (C=O) groups excluding carboxylic acids is 1. The zero-order valence-corrected chi connectivity index (χ0v) is 14.5. The summed E-state index contributed by atoms with van der Waals surface area (Å²) in [5.41, 5.74) is 7.29. The standard InChI is InChI=1S/C18H27N3O3/c1-3-13(2)17(19)18(22)21-8-6-20(7-9-21)11-14-4-5-15-16(10-14)24-12-23-15/h4-5,10,13,17H,3,6-9,11-12,19H2,1-2H3/t13-,17+/m1/s1. The zero-order chi connectivity index (χ0) is 17.1. The Labute approximate surface area is 143 Å². The fourth-order valence-corrected chi connectivity index (χ4v) is 3.13. The number of hydrogen-bond donors (Lipinski definition) is 1. The normalized spacial score (nSPS) is 20.0. The first-order chi connectivity index (χ1) is 11.6. The molecule has 2 atom stereocenters. The lowest BCUT2D eigenvalue weighted by Crippen LogP contribution is -2.54. The second-order valence-electron chi connectivity index (χ2n) is 6.70. The molecule has 0 bridgehead atoms. The maximum atomic E-state index is 12.4. The van der Waals surface area contributed by atoms with E-state index in [0.29, 0.717) is 6.79 Å². The van der Waals surface area contributed by atoms with E-state index in [9.17, 15) is 4.79 Å². The lowest BCUT2D eigenvalue weighted by molar-refractivity contribution is -0.135. The third-order valence-electron chi connectivity index (χ3n) is 5.07. The molecule has 6 heteroatoms. The first-order valence-corrected chi connectivity index (χ1v) is 8.73. The highest BCUT2D eigenvalue weighted by Crippen LogP contribution is 2.32. The van der Waals surface area contributed by atoms with Gasteiger partial charge in [-0.2, -0.15) is 0 Å². The second kappa shape index (κ2) is 7.40. The smallest absolute Gasteiger partial charge is 0.239 e. The van der Waals surface area contributed by atoms with Crippen molar-refractivity contribution in [1.29, 1.82) is 0 Å². The SMILES string of the molecule is CC[C@@H](C)[C@H](N)C(=O)N1CCN(Cc2ccc3c(c2)OCO3)CC1. The van der Waals surface area contributed by atoms with Crippen molar-refractivity contribution in [2.24, 2.45) is 11.7 Å². The van der Waals surface area contributed by atoms with Crippen molar-refractivity contribution in [2.45, 2.75) is 32.9 Å². The highest BCUT2D eigenvalue weighted by atomic mass is 16.7. The molecule has 0 spiro atoms. The maximum absolute atomic E-state index is 12.4. The number of ether oxygens (including phenoxy) is 2. The van der Waals surface area contributed by atoms with Gasteiger partial charge >= 0.3 is 0 Å². The van der Waals surface area contributed by atoms with Gasteiger partial charge in [0.05, 0.1) is 6.04 Å². The van der Waals surface area contributed by atoms with Gasteiger partial charge in [-0.05, 0) is 23.6 Å². The molecule has 1 aromatic carbocycles. The lowest BCUT2D eigenvalue weighted by atomic mass is 9.98. The Morgan fingerprint density at radius 3 is 2.62 bits per heavy atom. The van der Waals surface area contributed by atoms with Crippen LogP contribution in [0.3, 0.4) is 0 Å². The molecule has 1 amide bonds. The maximum Gasteiger partial charge on any atom is 0.239 e. The number of fused-ring (bicyclic) bond motifs is 1. The van der Waals surface area contributed by atoms with E-state index in [1.54, 1.807) is 0 Å². The van der Waals surface area contributed by atoms with Crippen LogP contribution in [-0.2, 0) is 11.3 Å². The fraction of sp³-hybridized carbons (Fsp3) is 0.611. The van der Waals surface area contributed by atoms with Crippen LogP contribution in [0.5, 0.6) is 11.5 Å². The number of rotatable bonds is 5. The molecule has 2 N–H and O–H groups in total. The molecule has 132 valence electrons. The quantitative estimate of drug-likeness (QED) is 0.883. The van der Waals surface area contributed by atoms with Crippen LogP contribution in [-0.4, -0.2) is 54.7 Å². The molecule has 1 saturated heterocycles. The first-order valence-electron chi connectivity index (χ1n) is 8.73. The van der Waals surface area contributed by atoms with Gasteiger partial charge in [-0.25, -0.2) is 0 Å². The Morgan fingerprint density at radius 1 is 1.21 bits per heavy atom. The van der Waals surface area contributed by atoms with Crippen molar-refractivity contribution in [3.63, 3.8) is 0 Å². The minimum atomic E-state index is -0.379. The summed E-state index contributed by atoms with van der Waals surface area (Å²) in [4.78, 5) is 16.7. The van der Waals surface area contributed by atoms with Crippen LogP contribution in [0.1, 0.15) is 25.8 Å². The summed E-state index contributed by atoms with van der Waals surface area (Å²) in [6, 6.07) is 5.70. The van der Waals surface area contributed by atoms with Crippen molar-refractivity contribution in [1.82, 2.24) is 9.80 Å². The summed E-state index contributed by atoms with van der Waals surface area (Å²) >= 11 is 0. The van der Waals surface area contributed by atoms with Crippen LogP contribution in [0.15, 0.2) is 18.2 Å². The number of nitrogens with zero attached hydrogens (tertiary/aromatic N) is 2. The monoisotopic (exact) mass is 333 g/mol. The molecule has 1 fully saturated rings. The van der Waals surface area contributed by atoms with Crippen LogP contribution in [0.4, 0.5) is 0 Å². The molecule has 0 unspecified atom stereocenters. The van der Waals surface area contributed by atoms with E-state index in [2.05, 4.69) is 17.9 Å². The number of hydrogen-bond acceptors (Lipinski definition) is 5. The predicted octanol–water partition coefficient (Wildman–Crippen LogP) is 1.43. The molecule has 0 aliphatic carbocycles. The molecule has 6 nitrogen and oxygen atoms in total. The van der Waals surface area contributed by atoms with Gasteiger partial charge in [0.1, 0.15) is 0 Å². The topological polar surface area (TPSA) is 68.0 Å². The molecule has 0 saturated carbocycles. The van der Waals surface area contributed by atoms with Crippen molar-refractivity contribution in [2.75, 3.05) is 33.0 Å². The highest BCUT2D eigenvalue weighted by Gasteiger charge is 2.28. The third-order valence-corrected chi connectivity index (χ3v) is 5.07. The zero-order valence-electron chi connectivity index (χ0n) is 14.5.